The van der Waals surface area contributed by atoms with Crippen LogP contribution in [0.1, 0.15) is 6.42 Å². The number of ether oxygens (including phenoxy) is 4. The molecular weight excluding hydrogens is 210 g/mol. The van der Waals surface area contributed by atoms with Gasteiger partial charge in [0, 0.05) is 40.5 Å². The van der Waals surface area contributed by atoms with E-state index < -0.39 is 0 Å². The largest absolute Gasteiger partial charge is 0.385 e. The molecule has 1 N–H and O–H groups in total. The summed E-state index contributed by atoms with van der Waals surface area (Å²) in [4.78, 5) is 0. The van der Waals surface area contributed by atoms with Crippen LogP contribution in [0.4, 0.5) is 0 Å². The van der Waals surface area contributed by atoms with Crippen molar-refractivity contribution in [3.05, 3.63) is 0 Å². The van der Waals surface area contributed by atoms with Gasteiger partial charge in [-0.05, 0) is 6.42 Å². The first-order chi connectivity index (χ1) is 7.91. The van der Waals surface area contributed by atoms with E-state index in [0.717, 1.165) is 39.3 Å². The molecule has 0 radical (unpaired) electrons. The van der Waals surface area contributed by atoms with Gasteiger partial charge in [0.05, 0.1) is 26.4 Å². The van der Waals surface area contributed by atoms with E-state index in [2.05, 4.69) is 5.32 Å². The summed E-state index contributed by atoms with van der Waals surface area (Å²) in [6.45, 7) is 5.97. The summed E-state index contributed by atoms with van der Waals surface area (Å²) in [7, 11) is 3.39. The van der Waals surface area contributed by atoms with Crippen molar-refractivity contribution >= 4 is 0 Å². The van der Waals surface area contributed by atoms with Crippen LogP contribution in [0.3, 0.4) is 0 Å². The monoisotopic (exact) mass is 235 g/mol. The molecule has 0 aliphatic heterocycles. The molecule has 0 aliphatic rings. The van der Waals surface area contributed by atoms with Gasteiger partial charge in [0.2, 0.25) is 0 Å². The van der Waals surface area contributed by atoms with E-state index in [1.54, 1.807) is 14.2 Å². The third-order valence-corrected chi connectivity index (χ3v) is 1.92. The van der Waals surface area contributed by atoms with Gasteiger partial charge in [-0.25, -0.2) is 0 Å². The molecule has 0 amide bonds. The topological polar surface area (TPSA) is 49.0 Å². The predicted molar refractivity (Wildman–Crippen MR) is 62.9 cm³/mol. The van der Waals surface area contributed by atoms with E-state index in [1.165, 1.54) is 0 Å². The van der Waals surface area contributed by atoms with E-state index >= 15 is 0 Å². The average molecular weight is 235 g/mol. The summed E-state index contributed by atoms with van der Waals surface area (Å²) < 4.78 is 20.5. The zero-order chi connectivity index (χ0) is 11.9. The van der Waals surface area contributed by atoms with E-state index in [4.69, 9.17) is 18.9 Å². The lowest BCUT2D eigenvalue weighted by atomic mass is 10.5. The minimum atomic E-state index is 0.652. The fourth-order valence-electron chi connectivity index (χ4n) is 1.07. The van der Waals surface area contributed by atoms with Crippen LogP contribution in [0.25, 0.3) is 0 Å². The van der Waals surface area contributed by atoms with Gasteiger partial charge in [0.1, 0.15) is 0 Å². The Labute approximate surface area is 98.4 Å². The summed E-state index contributed by atoms with van der Waals surface area (Å²) in [6.07, 6.45) is 0.940. The second kappa shape index (κ2) is 14.8. The molecule has 0 aliphatic carbocycles. The smallest absolute Gasteiger partial charge is 0.0701 e. The standard InChI is InChI=1S/C11H25NO4/c1-13-6-3-7-15-10-11-16-9-5-12-4-8-14-2/h12H,3-11H2,1-2H3. The highest BCUT2D eigenvalue weighted by Gasteiger charge is 1.91. The van der Waals surface area contributed by atoms with Gasteiger partial charge in [0.25, 0.3) is 0 Å². The molecule has 0 saturated carbocycles. The minimum Gasteiger partial charge on any atom is -0.385 e. The minimum absolute atomic E-state index is 0.652. The highest BCUT2D eigenvalue weighted by atomic mass is 16.5. The van der Waals surface area contributed by atoms with Gasteiger partial charge in [-0.3, -0.25) is 0 Å². The van der Waals surface area contributed by atoms with Crippen LogP contribution in [-0.4, -0.2) is 67.0 Å². The second-order valence-electron chi connectivity index (χ2n) is 3.31. The molecule has 0 saturated heterocycles. The Morgan fingerprint density at radius 3 is 2.00 bits per heavy atom. The molecule has 16 heavy (non-hydrogen) atoms. The van der Waals surface area contributed by atoms with Gasteiger partial charge >= 0.3 is 0 Å². The van der Waals surface area contributed by atoms with Gasteiger partial charge in [-0.1, -0.05) is 0 Å². The fraction of sp³-hybridized carbons (Fsp3) is 1.00. The highest BCUT2D eigenvalue weighted by molar-refractivity contribution is 4.44. The van der Waals surface area contributed by atoms with Crippen molar-refractivity contribution < 1.29 is 18.9 Å². The predicted octanol–water partition coefficient (Wildman–Crippen LogP) is 0.292. The van der Waals surface area contributed by atoms with E-state index in [-0.39, 0.29) is 0 Å². The summed E-state index contributed by atoms with van der Waals surface area (Å²) in [5, 5.41) is 3.20. The summed E-state index contributed by atoms with van der Waals surface area (Å²) in [5.41, 5.74) is 0. The Bertz CT molecular complexity index is 111. The van der Waals surface area contributed by atoms with Gasteiger partial charge in [-0.2, -0.15) is 0 Å². The number of hydrogen-bond acceptors (Lipinski definition) is 5. The summed E-state index contributed by atoms with van der Waals surface area (Å²) in [6, 6.07) is 0. The highest BCUT2D eigenvalue weighted by Crippen LogP contribution is 1.84. The molecule has 98 valence electrons. The lowest BCUT2D eigenvalue weighted by molar-refractivity contribution is 0.0405. The Kier molecular flexibility index (Phi) is 14.6. The molecule has 0 spiro atoms. The normalized spacial score (nSPS) is 10.9. The zero-order valence-electron chi connectivity index (χ0n) is 10.5. The lowest BCUT2D eigenvalue weighted by Gasteiger charge is -2.06. The van der Waals surface area contributed by atoms with Crippen molar-refractivity contribution in [2.45, 2.75) is 6.42 Å². The molecule has 0 rings (SSSR count). The summed E-state index contributed by atoms with van der Waals surface area (Å²) >= 11 is 0. The fourth-order valence-corrected chi connectivity index (χ4v) is 1.07. The molecule has 0 atom stereocenters. The number of methoxy groups -OCH3 is 2. The van der Waals surface area contributed by atoms with Gasteiger partial charge in [0.15, 0.2) is 0 Å². The van der Waals surface area contributed by atoms with Crippen LogP contribution in [0.5, 0.6) is 0 Å². The van der Waals surface area contributed by atoms with Crippen LogP contribution in [0.15, 0.2) is 0 Å². The van der Waals surface area contributed by atoms with Crippen LogP contribution < -0.4 is 5.32 Å². The average Bonchev–Trinajstić information content (AvgIpc) is 2.31. The quantitative estimate of drug-likeness (QED) is 0.465. The molecule has 0 heterocycles. The Hall–Kier alpha value is -0.200. The van der Waals surface area contributed by atoms with E-state index in [9.17, 15) is 0 Å². The van der Waals surface area contributed by atoms with Gasteiger partial charge < -0.3 is 24.3 Å². The molecule has 0 aromatic carbocycles. The van der Waals surface area contributed by atoms with Gasteiger partial charge in [-0.15, -0.1) is 0 Å². The first-order valence-corrected chi connectivity index (χ1v) is 5.76. The molecule has 5 nitrogen and oxygen atoms in total. The van der Waals surface area contributed by atoms with Crippen molar-refractivity contribution in [1.82, 2.24) is 5.32 Å². The molecule has 0 unspecified atom stereocenters. The molecule has 0 aromatic rings. The Morgan fingerprint density at radius 1 is 0.688 bits per heavy atom. The summed E-state index contributed by atoms with van der Waals surface area (Å²) in [5.74, 6) is 0. The Balaban J connectivity index is 2.83. The molecular formula is C11H25NO4. The second-order valence-corrected chi connectivity index (χ2v) is 3.31. The first kappa shape index (κ1) is 15.8. The number of rotatable bonds is 13. The molecule has 0 fully saturated rings. The van der Waals surface area contributed by atoms with Crippen LogP contribution in [-0.2, 0) is 18.9 Å². The van der Waals surface area contributed by atoms with E-state index in [0.29, 0.717) is 19.8 Å². The van der Waals surface area contributed by atoms with Crippen LogP contribution in [0.2, 0.25) is 0 Å². The van der Waals surface area contributed by atoms with Crippen molar-refractivity contribution in [3.63, 3.8) is 0 Å². The lowest BCUT2D eigenvalue weighted by Crippen LogP contribution is -2.24. The maximum absolute atomic E-state index is 5.36. The van der Waals surface area contributed by atoms with Crippen LogP contribution >= 0.6 is 0 Å². The maximum Gasteiger partial charge on any atom is 0.0701 e. The third-order valence-electron chi connectivity index (χ3n) is 1.92. The third kappa shape index (κ3) is 13.8. The zero-order valence-corrected chi connectivity index (χ0v) is 10.5. The van der Waals surface area contributed by atoms with E-state index in [1.807, 2.05) is 0 Å². The molecule has 0 bridgehead atoms. The maximum atomic E-state index is 5.36. The molecule has 5 heteroatoms. The van der Waals surface area contributed by atoms with Crippen LogP contribution in [0, 0.1) is 0 Å². The van der Waals surface area contributed by atoms with Crippen molar-refractivity contribution in [3.8, 4) is 0 Å². The van der Waals surface area contributed by atoms with Crippen molar-refractivity contribution in [1.29, 1.82) is 0 Å². The number of hydrogen-bond donors (Lipinski definition) is 1. The SMILES string of the molecule is COCCCOCCOCCNCCOC. The Morgan fingerprint density at radius 2 is 1.31 bits per heavy atom. The number of nitrogens with one attached hydrogen (secondary N) is 1. The first-order valence-electron chi connectivity index (χ1n) is 5.76. The van der Waals surface area contributed by atoms with Crippen molar-refractivity contribution in [2.75, 3.05) is 67.0 Å². The van der Waals surface area contributed by atoms with Crippen molar-refractivity contribution in [2.24, 2.45) is 0 Å². The molecule has 0 aromatic heterocycles.